The van der Waals surface area contributed by atoms with Gasteiger partial charge in [0.25, 0.3) is 11.8 Å². The predicted octanol–water partition coefficient (Wildman–Crippen LogP) is 5.89. The molecule has 1 heterocycles. The molecule has 1 aliphatic heterocycles. The fraction of sp³-hybridized carbons (Fsp3) is 0.167. The molecule has 0 unspecified atom stereocenters. The van der Waals surface area contributed by atoms with Gasteiger partial charge in [-0.15, -0.1) is 0 Å². The van der Waals surface area contributed by atoms with Gasteiger partial charge in [-0.3, -0.25) is 9.59 Å². The Labute approximate surface area is 213 Å². The van der Waals surface area contributed by atoms with Crippen molar-refractivity contribution in [2.45, 2.75) is 26.4 Å². The van der Waals surface area contributed by atoms with E-state index in [1.54, 1.807) is 0 Å². The van der Waals surface area contributed by atoms with Crippen molar-refractivity contribution in [3.8, 4) is 11.5 Å². The lowest BCUT2D eigenvalue weighted by Crippen LogP contribution is -2.29. The molecule has 2 amide bonds. The van der Waals surface area contributed by atoms with Gasteiger partial charge in [0.15, 0.2) is 0 Å². The monoisotopic (exact) mass is 497 g/mol. The molecule has 0 radical (unpaired) electrons. The van der Waals surface area contributed by atoms with Gasteiger partial charge in [-0.25, -0.2) is 9.29 Å². The smallest absolute Gasteiger partial charge is 0.270 e. The standard InChI is InChI=1S/C30H24FNO5/c1-2-16-36-27-22-10-6-7-11-23(22)28(37-18-19-8-4-3-5-9-19)26-25(27)29(34)32(30(26)35)21-13-12-20(14-15-33)24(31)17-21/h3-13,15,17H,2,14,16,18H2,1H3. The molecule has 0 bridgehead atoms. The molecule has 0 fully saturated rings. The van der Waals surface area contributed by atoms with E-state index in [1.807, 2.05) is 61.5 Å². The maximum absolute atomic E-state index is 14.7. The Morgan fingerprint density at radius 2 is 1.46 bits per heavy atom. The first-order valence-electron chi connectivity index (χ1n) is 12.0. The fourth-order valence-electron chi connectivity index (χ4n) is 4.50. The van der Waals surface area contributed by atoms with Gasteiger partial charge in [0.05, 0.1) is 23.4 Å². The summed E-state index contributed by atoms with van der Waals surface area (Å²) in [5.41, 5.74) is 1.33. The molecule has 0 aromatic heterocycles. The van der Waals surface area contributed by atoms with Gasteiger partial charge in [0.1, 0.15) is 30.2 Å². The molecular formula is C30H24FNO5. The van der Waals surface area contributed by atoms with E-state index in [0.29, 0.717) is 35.8 Å². The highest BCUT2D eigenvalue weighted by atomic mass is 19.1. The summed E-state index contributed by atoms with van der Waals surface area (Å²) in [7, 11) is 0. The van der Waals surface area contributed by atoms with E-state index in [0.717, 1.165) is 16.5 Å². The molecule has 1 aliphatic rings. The summed E-state index contributed by atoms with van der Waals surface area (Å²) >= 11 is 0. The molecule has 0 N–H and O–H groups in total. The number of hydrogen-bond donors (Lipinski definition) is 0. The number of nitrogens with zero attached hydrogens (tertiary/aromatic N) is 1. The molecule has 37 heavy (non-hydrogen) atoms. The molecule has 0 saturated heterocycles. The van der Waals surface area contributed by atoms with E-state index in [-0.39, 0.29) is 41.2 Å². The lowest BCUT2D eigenvalue weighted by Gasteiger charge is -2.17. The summed E-state index contributed by atoms with van der Waals surface area (Å²) in [6.07, 6.45) is 1.19. The van der Waals surface area contributed by atoms with Crippen LogP contribution in [-0.4, -0.2) is 24.7 Å². The lowest BCUT2D eigenvalue weighted by molar-refractivity contribution is -0.107. The summed E-state index contributed by atoms with van der Waals surface area (Å²) in [6.45, 7) is 2.47. The molecule has 7 heteroatoms. The number of benzene rings is 4. The van der Waals surface area contributed by atoms with Gasteiger partial charge in [-0.1, -0.05) is 67.6 Å². The van der Waals surface area contributed by atoms with Crippen molar-refractivity contribution in [1.82, 2.24) is 0 Å². The molecule has 4 aromatic rings. The Balaban J connectivity index is 1.68. The molecule has 0 atom stereocenters. The first-order valence-corrected chi connectivity index (χ1v) is 12.0. The quantitative estimate of drug-likeness (QED) is 0.213. The minimum Gasteiger partial charge on any atom is -0.492 e. The summed E-state index contributed by atoms with van der Waals surface area (Å²) in [5, 5.41) is 1.28. The summed E-state index contributed by atoms with van der Waals surface area (Å²) in [5.74, 6) is -1.34. The van der Waals surface area contributed by atoms with Crippen molar-refractivity contribution in [3.05, 3.63) is 101 Å². The third kappa shape index (κ3) is 4.33. The zero-order valence-corrected chi connectivity index (χ0v) is 20.2. The van der Waals surface area contributed by atoms with Gasteiger partial charge in [-0.2, -0.15) is 0 Å². The minimum atomic E-state index is -0.672. The topological polar surface area (TPSA) is 72.9 Å². The van der Waals surface area contributed by atoms with Crippen LogP contribution in [0.15, 0.2) is 72.8 Å². The van der Waals surface area contributed by atoms with Crippen molar-refractivity contribution >= 4 is 34.6 Å². The Bertz CT molecular complexity index is 1520. The number of fused-ring (bicyclic) bond motifs is 2. The van der Waals surface area contributed by atoms with Crippen LogP contribution in [0.5, 0.6) is 11.5 Å². The van der Waals surface area contributed by atoms with E-state index < -0.39 is 17.6 Å². The number of carbonyl (C=O) groups excluding carboxylic acids is 3. The van der Waals surface area contributed by atoms with Crippen LogP contribution in [0.1, 0.15) is 45.2 Å². The Kier molecular flexibility index (Phi) is 6.68. The van der Waals surface area contributed by atoms with Crippen molar-refractivity contribution in [2.75, 3.05) is 11.5 Å². The number of carbonyl (C=O) groups is 3. The van der Waals surface area contributed by atoms with E-state index in [2.05, 4.69) is 0 Å². The third-order valence-corrected chi connectivity index (χ3v) is 6.23. The van der Waals surface area contributed by atoms with Gasteiger partial charge >= 0.3 is 0 Å². The van der Waals surface area contributed by atoms with Crippen LogP contribution >= 0.6 is 0 Å². The van der Waals surface area contributed by atoms with Crippen LogP contribution in [0, 0.1) is 5.82 Å². The lowest BCUT2D eigenvalue weighted by atomic mass is 9.99. The summed E-state index contributed by atoms with van der Waals surface area (Å²) in [6, 6.07) is 20.8. The number of amides is 2. The van der Waals surface area contributed by atoms with Crippen LogP contribution in [0.25, 0.3) is 10.8 Å². The van der Waals surface area contributed by atoms with Crippen molar-refractivity contribution in [2.24, 2.45) is 0 Å². The molecule has 5 rings (SSSR count). The van der Waals surface area contributed by atoms with E-state index in [9.17, 15) is 18.8 Å². The number of anilines is 1. The molecular weight excluding hydrogens is 473 g/mol. The highest BCUT2D eigenvalue weighted by molar-refractivity contribution is 6.38. The second-order valence-corrected chi connectivity index (χ2v) is 8.67. The summed E-state index contributed by atoms with van der Waals surface area (Å²) < 4.78 is 26.9. The number of halogens is 1. The average Bonchev–Trinajstić information content (AvgIpc) is 3.18. The fourth-order valence-corrected chi connectivity index (χ4v) is 4.50. The minimum absolute atomic E-state index is 0.0675. The van der Waals surface area contributed by atoms with Crippen molar-refractivity contribution in [3.63, 3.8) is 0 Å². The van der Waals surface area contributed by atoms with Gasteiger partial charge < -0.3 is 14.3 Å². The first kappa shape index (κ1) is 24.2. The number of imide groups is 1. The highest BCUT2D eigenvalue weighted by Crippen LogP contribution is 2.46. The van der Waals surface area contributed by atoms with Crippen LogP contribution in [0.3, 0.4) is 0 Å². The van der Waals surface area contributed by atoms with Gasteiger partial charge in [0, 0.05) is 17.2 Å². The van der Waals surface area contributed by atoms with Crippen LogP contribution in [-0.2, 0) is 17.8 Å². The Morgan fingerprint density at radius 1 is 0.838 bits per heavy atom. The highest BCUT2D eigenvalue weighted by Gasteiger charge is 2.43. The van der Waals surface area contributed by atoms with Crippen LogP contribution in [0.4, 0.5) is 10.1 Å². The molecule has 6 nitrogen and oxygen atoms in total. The van der Waals surface area contributed by atoms with Crippen molar-refractivity contribution in [1.29, 1.82) is 0 Å². The number of rotatable bonds is 9. The van der Waals surface area contributed by atoms with E-state index in [4.69, 9.17) is 9.47 Å². The zero-order chi connectivity index (χ0) is 25.9. The van der Waals surface area contributed by atoms with Gasteiger partial charge in [-0.05, 0) is 29.7 Å². The normalized spacial score (nSPS) is 12.6. The number of aldehydes is 1. The van der Waals surface area contributed by atoms with Crippen LogP contribution in [0.2, 0.25) is 0 Å². The second kappa shape index (κ2) is 10.2. The summed E-state index contributed by atoms with van der Waals surface area (Å²) in [4.78, 5) is 39.4. The number of hydrogen-bond acceptors (Lipinski definition) is 5. The molecule has 0 saturated carbocycles. The second-order valence-electron chi connectivity index (χ2n) is 8.67. The molecule has 186 valence electrons. The maximum Gasteiger partial charge on any atom is 0.270 e. The zero-order valence-electron chi connectivity index (χ0n) is 20.2. The molecule has 4 aromatic carbocycles. The first-order chi connectivity index (χ1) is 18.0. The number of ether oxygens (including phenoxy) is 2. The molecule has 0 spiro atoms. The SMILES string of the molecule is CCCOc1c2c(c(OCc3ccccc3)c3ccccc13)C(=O)N(c1ccc(CC=O)c(F)c1)C2=O. The van der Waals surface area contributed by atoms with Crippen LogP contribution < -0.4 is 14.4 Å². The molecule has 0 aliphatic carbocycles. The maximum atomic E-state index is 14.7. The average molecular weight is 498 g/mol. The van der Waals surface area contributed by atoms with Gasteiger partial charge in [0.2, 0.25) is 0 Å². The Morgan fingerprint density at radius 3 is 2.05 bits per heavy atom. The predicted molar refractivity (Wildman–Crippen MR) is 138 cm³/mol. The Hall–Kier alpha value is -4.52. The largest absolute Gasteiger partial charge is 0.492 e. The van der Waals surface area contributed by atoms with E-state index >= 15 is 0 Å². The van der Waals surface area contributed by atoms with E-state index in [1.165, 1.54) is 12.1 Å². The van der Waals surface area contributed by atoms with Crippen molar-refractivity contribution < 1.29 is 28.2 Å². The third-order valence-electron chi connectivity index (χ3n) is 6.23.